The molecule has 2 aromatic carbocycles. The van der Waals surface area contributed by atoms with Crippen LogP contribution in [0.25, 0.3) is 0 Å². The van der Waals surface area contributed by atoms with Crippen LogP contribution in [0.5, 0.6) is 0 Å². The first-order valence-corrected chi connectivity index (χ1v) is 6.94. The Balaban J connectivity index is 1.85. The van der Waals surface area contributed by atoms with Gasteiger partial charge in [0.25, 0.3) is 0 Å². The van der Waals surface area contributed by atoms with Crippen molar-refractivity contribution in [2.24, 2.45) is 0 Å². The molecule has 2 rings (SSSR count). The summed E-state index contributed by atoms with van der Waals surface area (Å²) < 4.78 is 5.48. The molecule has 2 aromatic rings. The lowest BCUT2D eigenvalue weighted by Crippen LogP contribution is -1.77. The fourth-order valence-corrected chi connectivity index (χ4v) is 2.57. The van der Waals surface area contributed by atoms with E-state index in [0.717, 1.165) is 20.9 Å². The van der Waals surface area contributed by atoms with Crippen LogP contribution in [-0.2, 0) is 3.63 Å². The highest BCUT2D eigenvalue weighted by Crippen LogP contribution is 2.29. The van der Waals surface area contributed by atoms with Crippen molar-refractivity contribution in [2.45, 2.75) is 9.79 Å². The van der Waals surface area contributed by atoms with Gasteiger partial charge in [-0.2, -0.15) is 0 Å². The van der Waals surface area contributed by atoms with Gasteiger partial charge in [-0.15, -0.1) is 12.8 Å². The van der Waals surface area contributed by atoms with Gasteiger partial charge in [0.05, 0.1) is 0 Å². The van der Waals surface area contributed by atoms with Gasteiger partial charge in [0.15, 0.2) is 0 Å². The van der Waals surface area contributed by atoms with Gasteiger partial charge in [-0.3, -0.25) is 0 Å². The number of hydrogen-bond donors (Lipinski definition) is 0. The molecule has 0 heterocycles. The van der Waals surface area contributed by atoms with Crippen molar-refractivity contribution >= 4 is 24.1 Å². The monoisotopic (exact) mass is 282 g/mol. The van der Waals surface area contributed by atoms with E-state index in [-0.39, 0.29) is 0 Å². The fraction of sp³-hybridized carbons (Fsp3) is 0. The molecule has 0 spiro atoms. The van der Waals surface area contributed by atoms with Gasteiger partial charge in [-0.05, 0) is 48.5 Å². The first kappa shape index (κ1) is 13.6. The molecule has 0 bridgehead atoms. The average Bonchev–Trinajstić information content (AvgIpc) is 2.49. The molecular formula is C16H10OS2. The Morgan fingerprint density at radius 3 is 1.37 bits per heavy atom. The Kier molecular flexibility index (Phi) is 5.01. The van der Waals surface area contributed by atoms with Gasteiger partial charge in [-0.25, -0.2) is 3.63 Å². The molecule has 92 valence electrons. The largest absolute Gasteiger partial charge is 0.237 e. The first-order valence-electron chi connectivity index (χ1n) is 5.46. The summed E-state index contributed by atoms with van der Waals surface area (Å²) in [5.41, 5.74) is 1.73. The van der Waals surface area contributed by atoms with Crippen LogP contribution in [0.4, 0.5) is 0 Å². The third-order valence-corrected chi connectivity index (χ3v) is 3.78. The molecule has 0 radical (unpaired) electrons. The summed E-state index contributed by atoms with van der Waals surface area (Å²) in [6, 6.07) is 15.3. The molecule has 0 aliphatic rings. The summed E-state index contributed by atoms with van der Waals surface area (Å²) in [6.45, 7) is 0. The van der Waals surface area contributed by atoms with E-state index < -0.39 is 0 Å². The van der Waals surface area contributed by atoms with E-state index in [9.17, 15) is 0 Å². The molecule has 0 atom stereocenters. The van der Waals surface area contributed by atoms with Crippen molar-refractivity contribution < 1.29 is 3.63 Å². The van der Waals surface area contributed by atoms with E-state index in [1.54, 1.807) is 0 Å². The quantitative estimate of drug-likeness (QED) is 0.608. The van der Waals surface area contributed by atoms with E-state index in [2.05, 4.69) is 11.8 Å². The second kappa shape index (κ2) is 6.97. The fourth-order valence-electron chi connectivity index (χ4n) is 1.31. The predicted molar refractivity (Wildman–Crippen MR) is 81.6 cm³/mol. The highest BCUT2D eigenvalue weighted by atomic mass is 32.2. The highest BCUT2D eigenvalue weighted by molar-refractivity contribution is 8.07. The van der Waals surface area contributed by atoms with Crippen molar-refractivity contribution in [3.05, 3.63) is 59.7 Å². The molecule has 3 heteroatoms. The Morgan fingerprint density at radius 1 is 0.684 bits per heavy atom. The minimum Gasteiger partial charge on any atom is -0.237 e. The molecule has 1 nitrogen and oxygen atoms in total. The zero-order valence-electron chi connectivity index (χ0n) is 10.00. The van der Waals surface area contributed by atoms with Gasteiger partial charge in [-0.1, -0.05) is 11.8 Å². The van der Waals surface area contributed by atoms with Crippen molar-refractivity contribution in [3.63, 3.8) is 0 Å². The van der Waals surface area contributed by atoms with Crippen LogP contribution in [0.1, 0.15) is 11.1 Å². The van der Waals surface area contributed by atoms with Crippen molar-refractivity contribution in [2.75, 3.05) is 0 Å². The maximum absolute atomic E-state index is 5.48. The lowest BCUT2D eigenvalue weighted by Gasteiger charge is -2.02. The van der Waals surface area contributed by atoms with Crippen LogP contribution < -0.4 is 0 Å². The van der Waals surface area contributed by atoms with Gasteiger partial charge in [0.1, 0.15) is 0 Å². The standard InChI is InChI=1S/C16H10OS2/c1-3-13-5-9-15(10-6-13)18-17-19-16-11-7-14(4-2)8-12-16/h1-2,5-12H. The third kappa shape index (κ3) is 4.12. The molecule has 0 fully saturated rings. The maximum atomic E-state index is 5.48. The number of terminal acetylenes is 2. The van der Waals surface area contributed by atoms with Crippen molar-refractivity contribution in [1.82, 2.24) is 0 Å². The van der Waals surface area contributed by atoms with Gasteiger partial charge < -0.3 is 0 Å². The molecule has 0 amide bonds. The van der Waals surface area contributed by atoms with Gasteiger partial charge in [0, 0.05) is 45.0 Å². The summed E-state index contributed by atoms with van der Waals surface area (Å²) in [5.74, 6) is 5.15. The lowest BCUT2D eigenvalue weighted by molar-refractivity contribution is 0.756. The summed E-state index contributed by atoms with van der Waals surface area (Å²) in [6.07, 6.45) is 10.6. The zero-order chi connectivity index (χ0) is 13.5. The SMILES string of the molecule is C#Cc1ccc(SOSc2ccc(C#C)cc2)cc1. The second-order valence-electron chi connectivity index (χ2n) is 3.57. The predicted octanol–water partition coefficient (Wildman–Crippen LogP) is 4.38. The highest BCUT2D eigenvalue weighted by Gasteiger charge is 1.98. The normalized spacial score (nSPS) is 9.58. The van der Waals surface area contributed by atoms with E-state index in [0.29, 0.717) is 0 Å². The summed E-state index contributed by atoms with van der Waals surface area (Å²) in [4.78, 5) is 2.01. The smallest absolute Gasteiger partial charge is 0.0447 e. The van der Waals surface area contributed by atoms with Crippen LogP contribution in [0, 0.1) is 24.7 Å². The molecular weight excluding hydrogens is 272 g/mol. The second-order valence-corrected chi connectivity index (χ2v) is 5.39. The molecule has 0 aromatic heterocycles. The lowest BCUT2D eigenvalue weighted by atomic mass is 10.2. The Morgan fingerprint density at radius 2 is 1.05 bits per heavy atom. The topological polar surface area (TPSA) is 9.23 Å². The maximum Gasteiger partial charge on any atom is 0.0447 e. The Hall–Kier alpha value is -1.78. The van der Waals surface area contributed by atoms with E-state index >= 15 is 0 Å². The number of benzene rings is 2. The van der Waals surface area contributed by atoms with Crippen LogP contribution >= 0.6 is 24.1 Å². The number of rotatable bonds is 4. The first-order chi connectivity index (χ1) is 9.31. The third-order valence-electron chi connectivity index (χ3n) is 2.30. The molecule has 0 aliphatic carbocycles. The van der Waals surface area contributed by atoms with Crippen molar-refractivity contribution in [3.8, 4) is 24.7 Å². The molecule has 0 saturated heterocycles. The minimum absolute atomic E-state index is 0.863. The Labute approximate surface area is 122 Å². The summed E-state index contributed by atoms with van der Waals surface area (Å²) in [7, 11) is 0. The van der Waals surface area contributed by atoms with Crippen molar-refractivity contribution in [1.29, 1.82) is 0 Å². The van der Waals surface area contributed by atoms with Crippen LogP contribution in [0.15, 0.2) is 58.3 Å². The molecule has 0 saturated carbocycles. The van der Waals surface area contributed by atoms with Gasteiger partial charge in [0.2, 0.25) is 0 Å². The summed E-state index contributed by atoms with van der Waals surface area (Å²) in [5, 5.41) is 0. The molecule has 0 unspecified atom stereocenters. The van der Waals surface area contributed by atoms with Crippen LogP contribution in [-0.4, -0.2) is 0 Å². The molecule has 0 aliphatic heterocycles. The van der Waals surface area contributed by atoms with E-state index in [4.69, 9.17) is 16.5 Å². The zero-order valence-corrected chi connectivity index (χ0v) is 11.6. The van der Waals surface area contributed by atoms with E-state index in [1.165, 1.54) is 24.1 Å². The van der Waals surface area contributed by atoms with Crippen LogP contribution in [0.3, 0.4) is 0 Å². The average molecular weight is 282 g/mol. The molecule has 19 heavy (non-hydrogen) atoms. The Bertz CT molecular complexity index is 558. The summed E-state index contributed by atoms with van der Waals surface area (Å²) >= 11 is 2.60. The van der Waals surface area contributed by atoms with Crippen LogP contribution in [0.2, 0.25) is 0 Å². The van der Waals surface area contributed by atoms with Gasteiger partial charge >= 0.3 is 0 Å². The number of hydrogen-bond acceptors (Lipinski definition) is 3. The minimum atomic E-state index is 0.863. The van der Waals surface area contributed by atoms with E-state index in [1.807, 2.05) is 48.5 Å². The molecule has 0 N–H and O–H groups in total.